The van der Waals surface area contributed by atoms with E-state index in [9.17, 15) is 4.79 Å². The summed E-state index contributed by atoms with van der Waals surface area (Å²) in [5.41, 5.74) is 24.7. The van der Waals surface area contributed by atoms with Crippen LogP contribution in [0, 0.1) is 6.92 Å². The third kappa shape index (κ3) is 28.0. The fourth-order valence-corrected chi connectivity index (χ4v) is 5.38. The molecule has 0 unspecified atom stereocenters. The number of nitrogens with one attached hydrogen (secondary N) is 7. The molecule has 7 aromatic rings. The van der Waals surface area contributed by atoms with E-state index in [-0.39, 0.29) is 33.4 Å². The first-order valence-electron chi connectivity index (χ1n) is 23.0. The second-order valence-electron chi connectivity index (χ2n) is 17.5. The number of imidazole rings is 3. The van der Waals surface area contributed by atoms with E-state index in [0.29, 0.717) is 78.1 Å². The fraction of sp³-hybridized carbons (Fsp3) is 0.596. The molecule has 71 heavy (non-hydrogen) atoms. The Morgan fingerprint density at radius 1 is 0.634 bits per heavy atom. The standard InChI is InChI=1S/C8H15N3O.C7H15N5.C7H12N2.C6H11N3.C6H10N2O.C6H10N2S.C5H8N2O2.2CH4/c1-6(2)7-5-10-8(11-7)9-3-4-12;1-5(2)6-10-7(12-11-6)9-4-3-8;1-5(2)7-4-8-6(3)9-7;3*1-4(2)5-3-8-6(7)9-5;1-3(2)4-6-7-5(8)9-4;;/h5-6,12H,3-4H2,1-2H3,(H2,9,10,11);5H,3-4,8H2,1-2H3,(H2,9,10,11,12);4-5H,1-3H3,(H,8,9);3-4H,1-2H3,(H3,7,8,9);2*3-4H,1-2H3,(H2,7,8);3H,1-2H3,(H,7,8);2*1H4. The zero-order chi connectivity index (χ0) is 52.2. The molecule has 16 N–H and O–H groups in total. The van der Waals surface area contributed by atoms with Crippen LogP contribution in [0.25, 0.3) is 0 Å². The molecule has 0 radical (unpaired) electrons. The van der Waals surface area contributed by atoms with Gasteiger partial charge in [-0.25, -0.2) is 34.8 Å². The van der Waals surface area contributed by atoms with Crippen molar-refractivity contribution in [3.05, 3.63) is 86.8 Å². The first-order valence-corrected chi connectivity index (χ1v) is 23.8. The molecule has 0 bridgehead atoms. The van der Waals surface area contributed by atoms with Crippen molar-refractivity contribution in [2.24, 2.45) is 5.73 Å². The maximum absolute atomic E-state index is 10.3. The van der Waals surface area contributed by atoms with Gasteiger partial charge in [0, 0.05) is 71.7 Å². The molecule has 0 fully saturated rings. The predicted molar refractivity (Wildman–Crippen MR) is 291 cm³/mol. The SMILES string of the molecule is C.C.CC(C)c1cnc(N)[nH]1.CC(C)c1cnc(N)o1.CC(C)c1cnc(N)s1.CC(C)c1cnc(NCCO)[nH]1.CC(C)c1n[nH]c(=O)o1.CC(C)c1nc(NCCN)n[nH]1.Cc1ncc(C(C)C)[nH]1. The molecule has 0 aliphatic rings. The number of oxazole rings is 1. The van der Waals surface area contributed by atoms with E-state index >= 15 is 0 Å². The first kappa shape index (κ1) is 66.6. The second kappa shape index (κ2) is 35.6. The van der Waals surface area contributed by atoms with Crippen LogP contribution < -0.4 is 39.3 Å². The smallest absolute Gasteiger partial charge is 0.429 e. The number of rotatable bonds is 13. The molecule has 24 heteroatoms. The molecule has 0 spiro atoms. The van der Waals surface area contributed by atoms with Crippen molar-refractivity contribution in [3.8, 4) is 0 Å². The number of thiazole rings is 1. The molecule has 0 aliphatic heterocycles. The molecule has 402 valence electrons. The van der Waals surface area contributed by atoms with Crippen LogP contribution in [-0.4, -0.2) is 96.6 Å². The highest BCUT2D eigenvalue weighted by Gasteiger charge is 2.07. The van der Waals surface area contributed by atoms with E-state index in [1.807, 2.05) is 53.2 Å². The number of nitrogens with zero attached hydrogens (tertiary/aromatic N) is 8. The largest absolute Gasteiger partial charge is 0.434 e. The lowest BCUT2D eigenvalue weighted by Gasteiger charge is -2.00. The molecule has 7 aromatic heterocycles. The Balaban J connectivity index is 0. The van der Waals surface area contributed by atoms with Crippen LogP contribution in [-0.2, 0) is 0 Å². The molecule has 0 aromatic carbocycles. The number of aliphatic hydroxyl groups excluding tert-OH is 1. The van der Waals surface area contributed by atoms with E-state index < -0.39 is 5.76 Å². The lowest BCUT2D eigenvalue weighted by atomic mass is 10.2. The minimum absolute atomic E-state index is 0. The van der Waals surface area contributed by atoms with E-state index in [4.69, 9.17) is 32.5 Å². The summed E-state index contributed by atoms with van der Waals surface area (Å²) in [4.78, 5) is 44.7. The van der Waals surface area contributed by atoms with Crippen molar-refractivity contribution in [2.45, 2.75) is 160 Å². The van der Waals surface area contributed by atoms with Gasteiger partial charge in [0.25, 0.3) is 6.01 Å². The molecular weight excluding hydrogens is 927 g/mol. The zero-order valence-corrected chi connectivity index (χ0v) is 44.0. The van der Waals surface area contributed by atoms with Gasteiger partial charge in [-0.1, -0.05) is 112 Å². The number of nitrogens with two attached hydrogens (primary N) is 4. The molecule has 23 nitrogen and oxygen atoms in total. The van der Waals surface area contributed by atoms with Gasteiger partial charge in [-0.2, -0.15) is 4.98 Å². The Morgan fingerprint density at radius 2 is 1.23 bits per heavy atom. The lowest BCUT2D eigenvalue weighted by molar-refractivity contribution is 0.311. The van der Waals surface area contributed by atoms with Crippen molar-refractivity contribution < 1.29 is 13.9 Å². The van der Waals surface area contributed by atoms with Crippen molar-refractivity contribution in [1.29, 1.82) is 0 Å². The number of H-pyrrole nitrogens is 5. The van der Waals surface area contributed by atoms with Crippen LogP contribution in [0.5, 0.6) is 0 Å². The van der Waals surface area contributed by atoms with Crippen molar-refractivity contribution in [1.82, 2.24) is 65.3 Å². The Hall–Kier alpha value is -6.53. The highest BCUT2D eigenvalue weighted by atomic mass is 32.1. The average molecular weight is 1020 g/mol. The molecule has 0 saturated carbocycles. The third-order valence-electron chi connectivity index (χ3n) is 8.85. The molecule has 0 atom stereocenters. The average Bonchev–Trinajstić information content (AvgIpc) is 4.14. The third-order valence-corrected chi connectivity index (χ3v) is 9.98. The van der Waals surface area contributed by atoms with Crippen LogP contribution >= 0.6 is 11.3 Å². The maximum Gasteiger partial charge on any atom is 0.434 e. The zero-order valence-electron chi connectivity index (χ0n) is 43.2. The van der Waals surface area contributed by atoms with Crippen molar-refractivity contribution >= 4 is 40.3 Å². The summed E-state index contributed by atoms with van der Waals surface area (Å²) in [6, 6.07) is 0.249. The molecule has 0 saturated heterocycles. The number of aliphatic hydroxyl groups is 1. The van der Waals surface area contributed by atoms with Gasteiger partial charge in [0.05, 0.1) is 25.2 Å². The number of aromatic amines is 5. The minimum Gasteiger partial charge on any atom is -0.429 e. The summed E-state index contributed by atoms with van der Waals surface area (Å²) in [5.74, 6) is 7.54. The van der Waals surface area contributed by atoms with Crippen LogP contribution in [0.1, 0.15) is 198 Å². The monoisotopic (exact) mass is 1020 g/mol. The number of aromatic nitrogens is 13. The van der Waals surface area contributed by atoms with Gasteiger partial charge in [-0.15, -0.1) is 21.5 Å². The summed E-state index contributed by atoms with van der Waals surface area (Å²) in [7, 11) is 0. The summed E-state index contributed by atoms with van der Waals surface area (Å²) < 4.78 is 9.63. The van der Waals surface area contributed by atoms with Crippen molar-refractivity contribution in [3.63, 3.8) is 0 Å². The Morgan fingerprint density at radius 3 is 1.54 bits per heavy atom. The predicted octanol–water partition coefficient (Wildman–Crippen LogP) is 9.18. The molecular formula is C47H89N19O4S. The summed E-state index contributed by atoms with van der Waals surface area (Å²) in [6.45, 7) is 32.8. The van der Waals surface area contributed by atoms with Gasteiger partial charge in [-0.3, -0.25) is 5.10 Å². The highest BCUT2D eigenvalue weighted by molar-refractivity contribution is 7.15. The summed E-state index contributed by atoms with van der Waals surface area (Å²) in [5, 5.41) is 27.8. The highest BCUT2D eigenvalue weighted by Crippen LogP contribution is 2.22. The fourth-order valence-electron chi connectivity index (χ4n) is 4.69. The topological polar surface area (TPSA) is 374 Å². The summed E-state index contributed by atoms with van der Waals surface area (Å²) >= 11 is 1.56. The van der Waals surface area contributed by atoms with Crippen LogP contribution in [0.3, 0.4) is 0 Å². The van der Waals surface area contributed by atoms with Crippen LogP contribution in [0.4, 0.5) is 29.0 Å². The molecule has 0 aliphatic carbocycles. The Kier molecular flexibility index (Phi) is 33.3. The Bertz CT molecular complexity index is 2170. The minimum atomic E-state index is -0.487. The van der Waals surface area contributed by atoms with Gasteiger partial charge in [0.1, 0.15) is 17.4 Å². The van der Waals surface area contributed by atoms with Gasteiger partial charge in [-0.05, 0) is 30.6 Å². The molecule has 0 amide bonds. The van der Waals surface area contributed by atoms with Gasteiger partial charge in [0.15, 0.2) is 17.0 Å². The number of hydrogen-bond acceptors (Lipinski definition) is 19. The summed E-state index contributed by atoms with van der Waals surface area (Å²) in [6.07, 6.45) is 8.95. The van der Waals surface area contributed by atoms with E-state index in [0.717, 1.165) is 34.7 Å². The lowest BCUT2D eigenvalue weighted by Crippen LogP contribution is -2.13. The number of aryl methyl sites for hydroxylation is 1. The van der Waals surface area contributed by atoms with E-state index in [1.54, 1.807) is 23.7 Å². The number of anilines is 5. The number of hydrogen-bond donors (Lipinski definition) is 12. The first-order chi connectivity index (χ1) is 32.5. The molecule has 7 heterocycles. The van der Waals surface area contributed by atoms with E-state index in [2.05, 4.69) is 150 Å². The second-order valence-corrected chi connectivity index (χ2v) is 18.6. The van der Waals surface area contributed by atoms with Gasteiger partial charge >= 0.3 is 5.76 Å². The van der Waals surface area contributed by atoms with E-state index in [1.165, 1.54) is 10.6 Å². The number of nitrogen functional groups attached to an aromatic ring is 3. The van der Waals surface area contributed by atoms with Gasteiger partial charge in [0.2, 0.25) is 11.8 Å². The van der Waals surface area contributed by atoms with Crippen molar-refractivity contribution in [2.75, 3.05) is 54.1 Å². The molecule has 7 rings (SSSR count). The van der Waals surface area contributed by atoms with Crippen LogP contribution in [0.2, 0.25) is 0 Å². The Labute approximate surface area is 424 Å². The normalized spacial score (nSPS) is 10.3. The maximum atomic E-state index is 10.3. The van der Waals surface area contributed by atoms with Gasteiger partial charge < -0.3 is 62.5 Å². The quantitative estimate of drug-likeness (QED) is 0.0512. The van der Waals surface area contributed by atoms with Crippen LogP contribution in [0.15, 0.2) is 44.6 Å².